The third kappa shape index (κ3) is 3.59. The van der Waals surface area contributed by atoms with Crippen LogP contribution in [0.2, 0.25) is 0 Å². The summed E-state index contributed by atoms with van der Waals surface area (Å²) in [5.41, 5.74) is 1.68. The fraction of sp³-hybridized carbons (Fsp3) is 0.375. The summed E-state index contributed by atoms with van der Waals surface area (Å²) in [4.78, 5) is 20.7. The van der Waals surface area contributed by atoms with E-state index in [9.17, 15) is 18.0 Å². The van der Waals surface area contributed by atoms with Gasteiger partial charge in [-0.3, -0.25) is 4.79 Å². The maximum atomic E-state index is 13.2. The van der Waals surface area contributed by atoms with E-state index in [-0.39, 0.29) is 5.56 Å². The SMILES string of the molecule is O=C(COC(c1ccccc1)C(F)(F)F)N1CCc2nc[nH]c2C1. The van der Waals surface area contributed by atoms with E-state index in [1.807, 2.05) is 0 Å². The van der Waals surface area contributed by atoms with Gasteiger partial charge in [0.1, 0.15) is 6.61 Å². The molecule has 1 N–H and O–H groups in total. The first kappa shape index (κ1) is 16.5. The van der Waals surface area contributed by atoms with E-state index >= 15 is 0 Å². The number of aromatic nitrogens is 2. The summed E-state index contributed by atoms with van der Waals surface area (Å²) in [6.45, 7) is 0.101. The molecule has 0 radical (unpaired) electrons. The molecule has 1 aliphatic heterocycles. The van der Waals surface area contributed by atoms with E-state index in [0.29, 0.717) is 19.5 Å². The molecule has 1 aromatic heterocycles. The van der Waals surface area contributed by atoms with Crippen LogP contribution in [-0.2, 0) is 22.5 Å². The van der Waals surface area contributed by atoms with Crippen molar-refractivity contribution in [2.24, 2.45) is 0 Å². The zero-order chi connectivity index (χ0) is 17.2. The van der Waals surface area contributed by atoms with Crippen molar-refractivity contribution < 1.29 is 22.7 Å². The Balaban J connectivity index is 1.64. The number of aromatic amines is 1. The van der Waals surface area contributed by atoms with Gasteiger partial charge in [-0.2, -0.15) is 13.2 Å². The summed E-state index contributed by atoms with van der Waals surface area (Å²) in [6, 6.07) is 7.30. The molecule has 1 amide bonds. The number of fused-ring (bicyclic) bond motifs is 1. The number of ether oxygens (including phenoxy) is 1. The first-order chi connectivity index (χ1) is 11.4. The molecular formula is C16H16F3N3O2. The maximum Gasteiger partial charge on any atom is 0.418 e. The summed E-state index contributed by atoms with van der Waals surface area (Å²) in [6.07, 6.45) is -4.58. The van der Waals surface area contributed by atoms with E-state index in [1.54, 1.807) is 12.4 Å². The zero-order valence-corrected chi connectivity index (χ0v) is 12.7. The molecule has 0 saturated carbocycles. The van der Waals surface area contributed by atoms with Gasteiger partial charge in [0.15, 0.2) is 6.10 Å². The minimum Gasteiger partial charge on any atom is -0.354 e. The molecule has 2 aromatic rings. The first-order valence-corrected chi connectivity index (χ1v) is 7.47. The second-order valence-corrected chi connectivity index (χ2v) is 5.54. The molecule has 128 valence electrons. The highest BCUT2D eigenvalue weighted by molar-refractivity contribution is 5.77. The number of nitrogens with zero attached hydrogens (tertiary/aromatic N) is 2. The Bertz CT molecular complexity index is 700. The molecule has 3 rings (SSSR count). The van der Waals surface area contributed by atoms with Crippen molar-refractivity contribution in [3.05, 3.63) is 53.6 Å². The molecule has 2 heterocycles. The van der Waals surface area contributed by atoms with Gasteiger partial charge in [0.25, 0.3) is 0 Å². The predicted molar refractivity (Wildman–Crippen MR) is 78.9 cm³/mol. The normalized spacial score (nSPS) is 15.9. The molecule has 0 saturated heterocycles. The molecule has 1 aliphatic rings. The van der Waals surface area contributed by atoms with Crippen LogP contribution in [0.25, 0.3) is 0 Å². The van der Waals surface area contributed by atoms with Crippen LogP contribution in [0.4, 0.5) is 13.2 Å². The molecule has 8 heteroatoms. The fourth-order valence-corrected chi connectivity index (χ4v) is 2.68. The van der Waals surface area contributed by atoms with Crippen molar-refractivity contribution in [2.45, 2.75) is 25.2 Å². The van der Waals surface area contributed by atoms with Crippen LogP contribution in [0.5, 0.6) is 0 Å². The third-order valence-electron chi connectivity index (χ3n) is 3.90. The van der Waals surface area contributed by atoms with Gasteiger partial charge in [0.2, 0.25) is 5.91 Å². The minimum atomic E-state index is -4.58. The van der Waals surface area contributed by atoms with Crippen molar-refractivity contribution in [3.8, 4) is 0 Å². The summed E-state index contributed by atoms with van der Waals surface area (Å²) >= 11 is 0. The maximum absolute atomic E-state index is 13.2. The Labute approximate surface area is 136 Å². The molecular weight excluding hydrogens is 323 g/mol. The van der Waals surface area contributed by atoms with Crippen molar-refractivity contribution >= 4 is 5.91 Å². The van der Waals surface area contributed by atoms with Crippen molar-refractivity contribution in [1.82, 2.24) is 14.9 Å². The number of H-pyrrole nitrogens is 1. The number of hydrogen-bond acceptors (Lipinski definition) is 3. The number of benzene rings is 1. The van der Waals surface area contributed by atoms with Gasteiger partial charge in [-0.25, -0.2) is 4.98 Å². The lowest BCUT2D eigenvalue weighted by Gasteiger charge is -2.27. The second-order valence-electron chi connectivity index (χ2n) is 5.54. The fourth-order valence-electron chi connectivity index (χ4n) is 2.68. The average Bonchev–Trinajstić information content (AvgIpc) is 3.02. The van der Waals surface area contributed by atoms with Gasteiger partial charge in [-0.15, -0.1) is 0 Å². The van der Waals surface area contributed by atoms with Crippen LogP contribution in [0.3, 0.4) is 0 Å². The lowest BCUT2D eigenvalue weighted by atomic mass is 10.1. The Morgan fingerprint density at radius 3 is 2.79 bits per heavy atom. The third-order valence-corrected chi connectivity index (χ3v) is 3.90. The predicted octanol–water partition coefficient (Wildman–Crippen LogP) is 2.61. The van der Waals surface area contributed by atoms with Gasteiger partial charge in [0.05, 0.1) is 24.3 Å². The number of carbonyl (C=O) groups excluding carboxylic acids is 1. The number of nitrogens with one attached hydrogen (secondary N) is 1. The van der Waals surface area contributed by atoms with Crippen LogP contribution in [0, 0.1) is 0 Å². The Morgan fingerprint density at radius 2 is 2.08 bits per heavy atom. The van der Waals surface area contributed by atoms with E-state index in [4.69, 9.17) is 4.74 Å². The topological polar surface area (TPSA) is 58.2 Å². The van der Waals surface area contributed by atoms with E-state index in [2.05, 4.69) is 9.97 Å². The number of imidazole rings is 1. The molecule has 1 atom stereocenters. The number of rotatable bonds is 4. The van der Waals surface area contributed by atoms with Gasteiger partial charge in [0, 0.05) is 13.0 Å². The molecule has 5 nitrogen and oxygen atoms in total. The quantitative estimate of drug-likeness (QED) is 0.932. The Hall–Kier alpha value is -2.35. The van der Waals surface area contributed by atoms with Gasteiger partial charge in [-0.05, 0) is 5.56 Å². The van der Waals surface area contributed by atoms with Crippen LogP contribution in [0.1, 0.15) is 23.1 Å². The lowest BCUT2D eigenvalue weighted by molar-refractivity contribution is -0.224. The van der Waals surface area contributed by atoms with Gasteiger partial charge >= 0.3 is 6.18 Å². The number of hydrogen-bond donors (Lipinski definition) is 1. The van der Waals surface area contributed by atoms with Gasteiger partial charge < -0.3 is 14.6 Å². The molecule has 1 aromatic carbocycles. The first-order valence-electron chi connectivity index (χ1n) is 7.47. The number of alkyl halides is 3. The summed E-state index contributed by atoms with van der Waals surface area (Å²) in [7, 11) is 0. The van der Waals surface area contributed by atoms with E-state index in [1.165, 1.54) is 29.2 Å². The Morgan fingerprint density at radius 1 is 1.33 bits per heavy atom. The number of carbonyl (C=O) groups is 1. The standard InChI is InChI=1S/C16H16F3N3O2/c17-16(18,19)15(11-4-2-1-3-5-11)24-9-14(23)22-7-6-12-13(8-22)21-10-20-12/h1-5,10,15H,6-9H2,(H,20,21). The summed E-state index contributed by atoms with van der Waals surface area (Å²) in [5.74, 6) is -0.472. The van der Waals surface area contributed by atoms with Crippen LogP contribution >= 0.6 is 0 Å². The summed E-state index contributed by atoms with van der Waals surface area (Å²) in [5, 5.41) is 0. The molecule has 0 fully saturated rings. The molecule has 1 unspecified atom stereocenters. The number of halogens is 3. The summed E-state index contributed by atoms with van der Waals surface area (Å²) < 4.78 is 44.5. The molecule has 24 heavy (non-hydrogen) atoms. The molecule has 0 bridgehead atoms. The van der Waals surface area contributed by atoms with Crippen LogP contribution in [-0.4, -0.2) is 40.1 Å². The molecule has 0 spiro atoms. The second kappa shape index (κ2) is 6.64. The largest absolute Gasteiger partial charge is 0.418 e. The lowest BCUT2D eigenvalue weighted by Crippen LogP contribution is -2.39. The molecule has 0 aliphatic carbocycles. The van der Waals surface area contributed by atoms with Crippen molar-refractivity contribution in [1.29, 1.82) is 0 Å². The van der Waals surface area contributed by atoms with Crippen molar-refractivity contribution in [2.75, 3.05) is 13.2 Å². The van der Waals surface area contributed by atoms with Crippen LogP contribution < -0.4 is 0 Å². The highest BCUT2D eigenvalue weighted by atomic mass is 19.4. The van der Waals surface area contributed by atoms with E-state index < -0.39 is 24.8 Å². The average molecular weight is 339 g/mol. The minimum absolute atomic E-state index is 0.0210. The smallest absolute Gasteiger partial charge is 0.354 e. The Kier molecular flexibility index (Phi) is 4.57. The monoisotopic (exact) mass is 339 g/mol. The highest BCUT2D eigenvalue weighted by Gasteiger charge is 2.42. The van der Waals surface area contributed by atoms with Crippen molar-refractivity contribution in [3.63, 3.8) is 0 Å². The number of amides is 1. The zero-order valence-electron chi connectivity index (χ0n) is 12.7. The van der Waals surface area contributed by atoms with Crippen LogP contribution in [0.15, 0.2) is 36.7 Å². The highest BCUT2D eigenvalue weighted by Crippen LogP contribution is 2.35. The van der Waals surface area contributed by atoms with E-state index in [0.717, 1.165) is 11.4 Å². The van der Waals surface area contributed by atoms with Gasteiger partial charge in [-0.1, -0.05) is 30.3 Å².